The Labute approximate surface area is 113 Å². The van der Waals surface area contributed by atoms with Gasteiger partial charge in [0.2, 0.25) is 0 Å². The number of hydrogen-bond donors (Lipinski definition) is 1. The van der Waals surface area contributed by atoms with Crippen LogP contribution in [0.25, 0.3) is 0 Å². The van der Waals surface area contributed by atoms with E-state index in [1.807, 2.05) is 0 Å². The minimum absolute atomic E-state index is 0.0415. The molecule has 2 rings (SSSR count). The second-order valence-electron chi connectivity index (χ2n) is 6.00. The smallest absolute Gasteiger partial charge is 0.323 e. The Morgan fingerprint density at radius 3 is 2.53 bits per heavy atom. The summed E-state index contributed by atoms with van der Waals surface area (Å²) in [6.45, 7) is 1.42. The molecule has 0 aromatic heterocycles. The molecule has 0 aromatic carbocycles. The van der Waals surface area contributed by atoms with Gasteiger partial charge in [-0.25, -0.2) is 0 Å². The summed E-state index contributed by atoms with van der Waals surface area (Å²) in [5.74, 6) is -1.84. The molecule has 1 aliphatic heterocycles. The lowest BCUT2D eigenvalue weighted by atomic mass is 9.83. The monoisotopic (exact) mass is 270 g/mol. The number of carbonyl (C=O) groups excluding carboxylic acids is 1. The van der Waals surface area contributed by atoms with Crippen LogP contribution < -0.4 is 0 Å². The summed E-state index contributed by atoms with van der Waals surface area (Å²) < 4.78 is 10.7. The zero-order chi connectivity index (χ0) is 14.1. The molecular weight excluding hydrogens is 248 g/mol. The highest BCUT2D eigenvalue weighted by Crippen LogP contribution is 2.45. The van der Waals surface area contributed by atoms with Crippen molar-refractivity contribution in [2.45, 2.75) is 63.6 Å². The number of aliphatic carboxylic acids is 1. The average Bonchev–Trinajstić information content (AvgIpc) is 2.99. The summed E-state index contributed by atoms with van der Waals surface area (Å²) in [4.78, 5) is 23.1. The fourth-order valence-electron chi connectivity index (χ4n) is 3.36. The first-order valence-corrected chi connectivity index (χ1v) is 6.91. The van der Waals surface area contributed by atoms with Gasteiger partial charge in [-0.05, 0) is 32.6 Å². The third-order valence-electron chi connectivity index (χ3n) is 4.60. The maximum absolute atomic E-state index is 11.7. The number of rotatable bonds is 4. The molecule has 19 heavy (non-hydrogen) atoms. The number of ether oxygens (including phenoxy) is 2. The van der Waals surface area contributed by atoms with E-state index in [4.69, 9.17) is 4.74 Å². The van der Waals surface area contributed by atoms with E-state index in [0.29, 0.717) is 0 Å². The van der Waals surface area contributed by atoms with Gasteiger partial charge in [0, 0.05) is 6.42 Å². The largest absolute Gasteiger partial charge is 0.480 e. The minimum atomic E-state index is -1.51. The zero-order valence-electron chi connectivity index (χ0n) is 11.6. The number of hydrogen-bond acceptors (Lipinski definition) is 4. The van der Waals surface area contributed by atoms with Crippen molar-refractivity contribution in [3.05, 3.63) is 0 Å². The highest BCUT2D eigenvalue weighted by Gasteiger charge is 2.49. The summed E-state index contributed by atoms with van der Waals surface area (Å²) in [5, 5.41) is 9.29. The highest BCUT2D eigenvalue weighted by molar-refractivity contribution is 5.98. The number of carbonyl (C=O) groups is 2. The molecule has 0 amide bonds. The van der Waals surface area contributed by atoms with Crippen molar-refractivity contribution in [2.24, 2.45) is 5.41 Å². The molecule has 2 atom stereocenters. The molecule has 0 bridgehead atoms. The van der Waals surface area contributed by atoms with Gasteiger partial charge in [-0.15, -0.1) is 0 Å². The van der Waals surface area contributed by atoms with E-state index in [2.05, 4.69) is 4.74 Å². The fraction of sp³-hybridized carbons (Fsp3) is 0.857. The van der Waals surface area contributed by atoms with Crippen molar-refractivity contribution in [3.8, 4) is 0 Å². The van der Waals surface area contributed by atoms with Crippen LogP contribution in [0, 0.1) is 5.41 Å². The van der Waals surface area contributed by atoms with Crippen LogP contribution in [0.3, 0.4) is 0 Å². The third-order valence-corrected chi connectivity index (χ3v) is 4.60. The fourth-order valence-corrected chi connectivity index (χ4v) is 3.36. The molecule has 5 nitrogen and oxygen atoms in total. The first kappa shape index (κ1) is 14.3. The Morgan fingerprint density at radius 1 is 1.37 bits per heavy atom. The van der Waals surface area contributed by atoms with Gasteiger partial charge in [0.15, 0.2) is 5.41 Å². The van der Waals surface area contributed by atoms with E-state index in [-0.39, 0.29) is 18.1 Å². The van der Waals surface area contributed by atoms with Crippen LogP contribution in [0.15, 0.2) is 0 Å². The summed E-state index contributed by atoms with van der Waals surface area (Å²) >= 11 is 0. The molecule has 1 saturated carbocycles. The van der Waals surface area contributed by atoms with Crippen LogP contribution in [0.2, 0.25) is 0 Å². The van der Waals surface area contributed by atoms with Crippen molar-refractivity contribution in [2.75, 3.05) is 7.11 Å². The predicted molar refractivity (Wildman–Crippen MR) is 67.7 cm³/mol. The van der Waals surface area contributed by atoms with Gasteiger partial charge in [0.05, 0.1) is 18.8 Å². The molecule has 1 spiro atoms. The van der Waals surface area contributed by atoms with Crippen LogP contribution in [-0.2, 0) is 19.1 Å². The molecule has 1 N–H and O–H groups in total. The lowest BCUT2D eigenvalue weighted by Crippen LogP contribution is -2.41. The number of methoxy groups -OCH3 is 1. The van der Waals surface area contributed by atoms with Crippen LogP contribution in [0.1, 0.15) is 51.9 Å². The van der Waals surface area contributed by atoms with Crippen molar-refractivity contribution in [1.82, 2.24) is 0 Å². The SMILES string of the molecule is COC(=O)C(C)(CC1CCC2(CCCC2)O1)C(=O)O. The number of carboxylic acids is 1. The van der Waals surface area contributed by atoms with Gasteiger partial charge in [-0.1, -0.05) is 12.8 Å². The molecule has 0 radical (unpaired) electrons. The lowest BCUT2D eigenvalue weighted by Gasteiger charge is -2.28. The van der Waals surface area contributed by atoms with Gasteiger partial charge in [0.25, 0.3) is 0 Å². The summed E-state index contributed by atoms with van der Waals surface area (Å²) in [6, 6.07) is 0. The molecule has 108 valence electrons. The zero-order valence-corrected chi connectivity index (χ0v) is 11.6. The molecule has 0 aromatic rings. The van der Waals surface area contributed by atoms with E-state index >= 15 is 0 Å². The van der Waals surface area contributed by atoms with E-state index < -0.39 is 17.4 Å². The van der Waals surface area contributed by atoms with E-state index in [1.165, 1.54) is 26.9 Å². The quantitative estimate of drug-likeness (QED) is 0.626. The maximum Gasteiger partial charge on any atom is 0.323 e. The molecule has 1 heterocycles. The molecule has 2 unspecified atom stereocenters. The molecule has 5 heteroatoms. The van der Waals surface area contributed by atoms with Gasteiger partial charge < -0.3 is 14.6 Å². The molecule has 1 saturated heterocycles. The molecule has 1 aliphatic carbocycles. The van der Waals surface area contributed by atoms with Crippen LogP contribution in [0.5, 0.6) is 0 Å². The molecule has 2 fully saturated rings. The summed E-state index contributed by atoms with van der Waals surface area (Å²) in [7, 11) is 1.22. The molecular formula is C14H22O5. The highest BCUT2D eigenvalue weighted by atomic mass is 16.5. The van der Waals surface area contributed by atoms with Gasteiger partial charge in [-0.2, -0.15) is 0 Å². The van der Waals surface area contributed by atoms with Crippen molar-refractivity contribution in [3.63, 3.8) is 0 Å². The van der Waals surface area contributed by atoms with Gasteiger partial charge in [-0.3, -0.25) is 9.59 Å². The lowest BCUT2D eigenvalue weighted by molar-refractivity contribution is -0.169. The van der Waals surface area contributed by atoms with E-state index in [1.54, 1.807) is 0 Å². The van der Waals surface area contributed by atoms with E-state index in [9.17, 15) is 14.7 Å². The summed E-state index contributed by atoms with van der Waals surface area (Å²) in [5.41, 5.74) is -1.55. The topological polar surface area (TPSA) is 72.8 Å². The van der Waals surface area contributed by atoms with E-state index in [0.717, 1.165) is 25.7 Å². The standard InChI is InChI=1S/C14H22O5/c1-13(11(15)16,12(17)18-2)9-10-5-8-14(19-10)6-3-4-7-14/h10H,3-9H2,1-2H3,(H,15,16). The third kappa shape index (κ3) is 2.61. The second kappa shape index (κ2) is 5.12. The Morgan fingerprint density at radius 2 is 2.00 bits per heavy atom. The first-order valence-electron chi connectivity index (χ1n) is 6.91. The normalized spacial score (nSPS) is 28.2. The number of carboxylic acid groups (broad SMARTS) is 1. The van der Waals surface area contributed by atoms with Crippen LogP contribution in [-0.4, -0.2) is 35.9 Å². The van der Waals surface area contributed by atoms with Crippen molar-refractivity contribution in [1.29, 1.82) is 0 Å². The molecule has 2 aliphatic rings. The minimum Gasteiger partial charge on any atom is -0.480 e. The van der Waals surface area contributed by atoms with Crippen molar-refractivity contribution >= 4 is 11.9 Å². The van der Waals surface area contributed by atoms with Crippen molar-refractivity contribution < 1.29 is 24.2 Å². The Balaban J connectivity index is 2.03. The van der Waals surface area contributed by atoms with Gasteiger partial charge >= 0.3 is 11.9 Å². The summed E-state index contributed by atoms with van der Waals surface area (Å²) in [6.07, 6.45) is 6.33. The predicted octanol–water partition coefficient (Wildman–Crippen LogP) is 2.13. The second-order valence-corrected chi connectivity index (χ2v) is 6.00. The average molecular weight is 270 g/mol. The van der Waals surface area contributed by atoms with Crippen LogP contribution >= 0.6 is 0 Å². The number of esters is 1. The maximum atomic E-state index is 11.7. The Hall–Kier alpha value is -1.10. The Kier molecular flexibility index (Phi) is 3.85. The Bertz CT molecular complexity index is 372. The van der Waals surface area contributed by atoms with Gasteiger partial charge in [0.1, 0.15) is 0 Å². The van der Waals surface area contributed by atoms with Crippen LogP contribution in [0.4, 0.5) is 0 Å². The first-order chi connectivity index (χ1) is 8.92.